The van der Waals surface area contributed by atoms with Gasteiger partial charge in [0.15, 0.2) is 0 Å². The van der Waals surface area contributed by atoms with Gasteiger partial charge in [-0.1, -0.05) is 23.7 Å². The summed E-state index contributed by atoms with van der Waals surface area (Å²) in [5.41, 5.74) is 1.01. The van der Waals surface area contributed by atoms with E-state index in [9.17, 15) is 14.0 Å². The predicted octanol–water partition coefficient (Wildman–Crippen LogP) is 3.86. The van der Waals surface area contributed by atoms with E-state index in [1.807, 2.05) is 0 Å². The molecular weight excluding hydrogens is 319 g/mol. The van der Waals surface area contributed by atoms with E-state index in [0.29, 0.717) is 16.4 Å². The van der Waals surface area contributed by atoms with Crippen LogP contribution in [-0.2, 0) is 9.59 Å². The average Bonchev–Trinajstić information content (AvgIpc) is 2.47. The second-order valence-corrected chi connectivity index (χ2v) is 5.40. The van der Waals surface area contributed by atoms with Gasteiger partial charge >= 0.3 is 0 Å². The van der Waals surface area contributed by atoms with Crippen molar-refractivity contribution < 1.29 is 14.0 Å². The van der Waals surface area contributed by atoms with Crippen LogP contribution in [0.4, 0.5) is 15.8 Å². The zero-order valence-corrected chi connectivity index (χ0v) is 13.3. The van der Waals surface area contributed by atoms with Crippen LogP contribution in [0, 0.1) is 5.82 Å². The molecule has 0 aliphatic carbocycles. The molecule has 0 heterocycles. The lowest BCUT2D eigenvalue weighted by Gasteiger charge is -2.21. The van der Waals surface area contributed by atoms with Crippen molar-refractivity contribution in [2.75, 3.05) is 16.8 Å². The number of nitrogens with zero attached hydrogens (tertiary/aromatic N) is 1. The summed E-state index contributed by atoms with van der Waals surface area (Å²) in [5.74, 6) is -0.915. The maximum Gasteiger partial charge on any atom is 0.226 e. The van der Waals surface area contributed by atoms with Crippen LogP contribution >= 0.6 is 11.6 Å². The molecule has 0 aromatic heterocycles. The number of carbonyl (C=O) groups is 2. The van der Waals surface area contributed by atoms with Crippen LogP contribution in [0.15, 0.2) is 48.5 Å². The first-order valence-corrected chi connectivity index (χ1v) is 7.42. The predicted molar refractivity (Wildman–Crippen MR) is 89.1 cm³/mol. The van der Waals surface area contributed by atoms with Crippen molar-refractivity contribution in [2.24, 2.45) is 0 Å². The van der Waals surface area contributed by atoms with Crippen molar-refractivity contribution in [1.29, 1.82) is 0 Å². The molecule has 0 radical (unpaired) electrons. The Morgan fingerprint density at radius 3 is 2.57 bits per heavy atom. The highest BCUT2D eigenvalue weighted by molar-refractivity contribution is 6.30. The lowest BCUT2D eigenvalue weighted by molar-refractivity contribution is -0.117. The summed E-state index contributed by atoms with van der Waals surface area (Å²) in [6, 6.07) is 12.5. The quantitative estimate of drug-likeness (QED) is 0.902. The third kappa shape index (κ3) is 5.07. The Balaban J connectivity index is 1.99. The van der Waals surface area contributed by atoms with Crippen LogP contribution in [0.1, 0.15) is 13.3 Å². The highest BCUT2D eigenvalue weighted by Gasteiger charge is 2.14. The number of hydrogen-bond acceptors (Lipinski definition) is 2. The molecule has 4 nitrogen and oxygen atoms in total. The van der Waals surface area contributed by atoms with Gasteiger partial charge in [0.05, 0.1) is 0 Å². The molecule has 0 saturated heterocycles. The summed E-state index contributed by atoms with van der Waals surface area (Å²) in [6.45, 7) is 1.63. The highest BCUT2D eigenvalue weighted by Crippen LogP contribution is 2.20. The zero-order chi connectivity index (χ0) is 16.8. The molecule has 2 rings (SSSR count). The minimum atomic E-state index is -0.424. The molecule has 0 unspecified atom stereocenters. The molecule has 2 amide bonds. The first-order chi connectivity index (χ1) is 11.0. The molecule has 0 aliphatic heterocycles. The molecule has 0 spiro atoms. The zero-order valence-electron chi connectivity index (χ0n) is 12.6. The number of halogens is 2. The second kappa shape index (κ2) is 7.74. The largest absolute Gasteiger partial charge is 0.326 e. The van der Waals surface area contributed by atoms with E-state index in [2.05, 4.69) is 5.32 Å². The Morgan fingerprint density at radius 1 is 1.17 bits per heavy atom. The Hall–Kier alpha value is -2.40. The molecule has 23 heavy (non-hydrogen) atoms. The minimum absolute atomic E-state index is 0.0859. The Morgan fingerprint density at radius 2 is 1.91 bits per heavy atom. The monoisotopic (exact) mass is 334 g/mol. The minimum Gasteiger partial charge on any atom is -0.326 e. The van der Waals surface area contributed by atoms with Crippen molar-refractivity contribution in [3.05, 3.63) is 59.4 Å². The molecule has 0 fully saturated rings. The molecule has 120 valence electrons. The van der Waals surface area contributed by atoms with E-state index in [1.54, 1.807) is 30.3 Å². The Bertz CT molecular complexity index is 721. The van der Waals surface area contributed by atoms with Crippen LogP contribution < -0.4 is 10.2 Å². The number of hydrogen-bond donors (Lipinski definition) is 1. The lowest BCUT2D eigenvalue weighted by Crippen LogP contribution is -2.31. The van der Waals surface area contributed by atoms with E-state index in [4.69, 9.17) is 11.6 Å². The van der Waals surface area contributed by atoms with E-state index < -0.39 is 5.82 Å². The van der Waals surface area contributed by atoms with Crippen molar-refractivity contribution in [3.8, 4) is 0 Å². The molecule has 0 aliphatic rings. The van der Waals surface area contributed by atoms with Crippen molar-refractivity contribution in [1.82, 2.24) is 0 Å². The number of amides is 2. The summed E-state index contributed by atoms with van der Waals surface area (Å²) >= 11 is 5.93. The lowest BCUT2D eigenvalue weighted by atomic mass is 10.2. The molecule has 2 aromatic rings. The van der Waals surface area contributed by atoms with Crippen molar-refractivity contribution in [2.45, 2.75) is 13.3 Å². The topological polar surface area (TPSA) is 49.4 Å². The van der Waals surface area contributed by atoms with Gasteiger partial charge in [-0.2, -0.15) is 0 Å². The third-order valence-electron chi connectivity index (χ3n) is 3.17. The van der Waals surface area contributed by atoms with Gasteiger partial charge in [0.1, 0.15) is 5.82 Å². The second-order valence-electron chi connectivity index (χ2n) is 4.96. The fourth-order valence-corrected chi connectivity index (χ4v) is 2.30. The number of rotatable bonds is 5. The SMILES string of the molecule is CC(=O)N(CCC(=O)Nc1cccc(F)c1)c1cccc(Cl)c1. The molecule has 0 saturated carbocycles. The molecule has 6 heteroatoms. The average molecular weight is 335 g/mol. The third-order valence-corrected chi connectivity index (χ3v) is 3.41. The van der Waals surface area contributed by atoms with E-state index in [1.165, 1.54) is 30.0 Å². The smallest absolute Gasteiger partial charge is 0.226 e. The maximum atomic E-state index is 13.1. The first-order valence-electron chi connectivity index (χ1n) is 7.05. The van der Waals surface area contributed by atoms with Crippen LogP contribution in [0.25, 0.3) is 0 Å². The standard InChI is InChI=1S/C17H16ClFN2O2/c1-12(22)21(16-7-2-4-13(18)10-16)9-8-17(23)20-15-6-3-5-14(19)11-15/h2-7,10-11H,8-9H2,1H3,(H,20,23). The highest BCUT2D eigenvalue weighted by atomic mass is 35.5. The fraction of sp³-hybridized carbons (Fsp3) is 0.176. The van der Waals surface area contributed by atoms with Gasteiger partial charge in [-0.25, -0.2) is 4.39 Å². The number of nitrogens with one attached hydrogen (secondary N) is 1. The summed E-state index contributed by atoms with van der Waals surface area (Å²) in [4.78, 5) is 25.2. The number of benzene rings is 2. The van der Waals surface area contributed by atoms with Gasteiger partial charge in [-0.3, -0.25) is 9.59 Å². The Labute approximate surface area is 138 Å². The van der Waals surface area contributed by atoms with Gasteiger partial charge < -0.3 is 10.2 Å². The fourth-order valence-electron chi connectivity index (χ4n) is 2.12. The summed E-state index contributed by atoms with van der Waals surface area (Å²) in [6.07, 6.45) is 0.0859. The molecule has 0 atom stereocenters. The first kappa shape index (κ1) is 17.0. The normalized spacial score (nSPS) is 10.2. The van der Waals surface area contributed by atoms with Crippen LogP contribution in [0.2, 0.25) is 5.02 Å². The summed E-state index contributed by atoms with van der Waals surface area (Å²) in [7, 11) is 0. The van der Waals surface area contributed by atoms with Gasteiger partial charge in [-0.15, -0.1) is 0 Å². The number of carbonyl (C=O) groups excluding carboxylic acids is 2. The van der Waals surface area contributed by atoms with Gasteiger partial charge in [0, 0.05) is 36.3 Å². The van der Waals surface area contributed by atoms with E-state index >= 15 is 0 Å². The van der Waals surface area contributed by atoms with Crippen molar-refractivity contribution in [3.63, 3.8) is 0 Å². The molecule has 0 bridgehead atoms. The Kier molecular flexibility index (Phi) is 5.71. The van der Waals surface area contributed by atoms with Crippen LogP contribution in [0.3, 0.4) is 0 Å². The summed E-state index contributed by atoms with van der Waals surface area (Å²) < 4.78 is 13.1. The van der Waals surface area contributed by atoms with Gasteiger partial charge in [-0.05, 0) is 36.4 Å². The number of anilines is 2. The summed E-state index contributed by atoms with van der Waals surface area (Å²) in [5, 5.41) is 3.11. The van der Waals surface area contributed by atoms with Gasteiger partial charge in [0.25, 0.3) is 0 Å². The molecule has 1 N–H and O–H groups in total. The van der Waals surface area contributed by atoms with Crippen LogP contribution in [0.5, 0.6) is 0 Å². The van der Waals surface area contributed by atoms with E-state index in [0.717, 1.165) is 0 Å². The van der Waals surface area contributed by atoms with Crippen molar-refractivity contribution >= 4 is 34.8 Å². The maximum absolute atomic E-state index is 13.1. The van der Waals surface area contributed by atoms with Crippen LogP contribution in [-0.4, -0.2) is 18.4 Å². The van der Waals surface area contributed by atoms with Gasteiger partial charge in [0.2, 0.25) is 11.8 Å². The molecular formula is C17H16ClFN2O2. The van der Waals surface area contributed by atoms with E-state index in [-0.39, 0.29) is 24.8 Å². The molecule has 2 aromatic carbocycles.